The molecule has 0 aromatic heterocycles. The van der Waals surface area contributed by atoms with Crippen LogP contribution in [0.25, 0.3) is 0 Å². The minimum Gasteiger partial charge on any atom is -0.490 e. The van der Waals surface area contributed by atoms with Crippen LogP contribution in [-0.2, 0) is 9.47 Å². The van der Waals surface area contributed by atoms with E-state index in [0.29, 0.717) is 48.9 Å². The Kier molecular flexibility index (Phi) is 8.28. The van der Waals surface area contributed by atoms with Crippen molar-refractivity contribution >= 4 is 17.5 Å². The average Bonchev–Trinajstić information content (AvgIpc) is 2.69. The number of para-hydroxylation sites is 1. The fourth-order valence-corrected chi connectivity index (χ4v) is 2.29. The smallest absolute Gasteiger partial charge is 0.259 e. The molecular formula is C20H24N2O5. The predicted octanol–water partition coefficient (Wildman–Crippen LogP) is 2.34. The van der Waals surface area contributed by atoms with Gasteiger partial charge < -0.3 is 24.8 Å². The normalized spacial score (nSPS) is 10.3. The lowest BCUT2D eigenvalue weighted by Crippen LogP contribution is -2.26. The van der Waals surface area contributed by atoms with Crippen LogP contribution in [0.2, 0.25) is 0 Å². The van der Waals surface area contributed by atoms with Gasteiger partial charge in [-0.25, -0.2) is 0 Å². The van der Waals surface area contributed by atoms with Crippen molar-refractivity contribution in [2.24, 2.45) is 0 Å². The van der Waals surface area contributed by atoms with Gasteiger partial charge in [-0.3, -0.25) is 9.59 Å². The molecule has 7 nitrogen and oxygen atoms in total. The second kappa shape index (κ2) is 10.9. The van der Waals surface area contributed by atoms with Crippen LogP contribution in [0.15, 0.2) is 48.5 Å². The molecule has 2 aromatic carbocycles. The molecule has 144 valence electrons. The molecule has 0 aliphatic rings. The minimum atomic E-state index is -0.291. The molecule has 0 radical (unpaired) electrons. The fourth-order valence-electron chi connectivity index (χ4n) is 2.29. The van der Waals surface area contributed by atoms with E-state index in [2.05, 4.69) is 10.6 Å². The van der Waals surface area contributed by atoms with E-state index in [-0.39, 0.29) is 11.8 Å². The van der Waals surface area contributed by atoms with E-state index in [4.69, 9.17) is 14.2 Å². The highest BCUT2D eigenvalue weighted by atomic mass is 16.5. The van der Waals surface area contributed by atoms with Crippen molar-refractivity contribution in [3.8, 4) is 5.75 Å². The topological polar surface area (TPSA) is 85.9 Å². The maximum atomic E-state index is 12.5. The molecule has 0 atom stereocenters. The summed E-state index contributed by atoms with van der Waals surface area (Å²) < 4.78 is 15.4. The summed E-state index contributed by atoms with van der Waals surface area (Å²) in [5, 5.41) is 5.55. The molecule has 0 saturated heterocycles. The van der Waals surface area contributed by atoms with Crippen molar-refractivity contribution in [1.29, 1.82) is 0 Å². The number of rotatable bonds is 10. The van der Waals surface area contributed by atoms with Crippen molar-refractivity contribution in [3.05, 3.63) is 59.7 Å². The largest absolute Gasteiger partial charge is 0.490 e. The van der Waals surface area contributed by atoms with Crippen molar-refractivity contribution in [2.45, 2.75) is 0 Å². The molecule has 0 spiro atoms. The summed E-state index contributed by atoms with van der Waals surface area (Å²) >= 11 is 0. The summed E-state index contributed by atoms with van der Waals surface area (Å²) in [4.78, 5) is 24.5. The molecule has 0 heterocycles. The Bertz CT molecular complexity index is 746. The van der Waals surface area contributed by atoms with Gasteiger partial charge in [-0.15, -0.1) is 0 Å². The Labute approximate surface area is 158 Å². The second-order valence-corrected chi connectivity index (χ2v) is 5.62. The van der Waals surface area contributed by atoms with E-state index in [1.165, 1.54) is 0 Å². The third-order valence-electron chi connectivity index (χ3n) is 3.67. The number of nitrogens with one attached hydrogen (secondary N) is 2. The van der Waals surface area contributed by atoms with Crippen LogP contribution in [0.1, 0.15) is 20.7 Å². The van der Waals surface area contributed by atoms with Gasteiger partial charge in [-0.05, 0) is 36.4 Å². The first-order valence-electron chi connectivity index (χ1n) is 8.55. The zero-order chi connectivity index (χ0) is 19.5. The number of hydrogen-bond acceptors (Lipinski definition) is 5. The quantitative estimate of drug-likeness (QED) is 0.625. The summed E-state index contributed by atoms with van der Waals surface area (Å²) in [6.45, 7) is 1.68. The van der Waals surface area contributed by atoms with Gasteiger partial charge in [0.15, 0.2) is 0 Å². The van der Waals surface area contributed by atoms with Crippen molar-refractivity contribution in [2.75, 3.05) is 45.9 Å². The van der Waals surface area contributed by atoms with Gasteiger partial charge in [-0.2, -0.15) is 0 Å². The van der Waals surface area contributed by atoms with Gasteiger partial charge in [0.25, 0.3) is 11.8 Å². The monoisotopic (exact) mass is 372 g/mol. The van der Waals surface area contributed by atoms with Gasteiger partial charge in [0.2, 0.25) is 0 Å². The highest BCUT2D eigenvalue weighted by Crippen LogP contribution is 2.20. The number of ether oxygens (including phenoxy) is 3. The molecule has 7 heteroatoms. The van der Waals surface area contributed by atoms with E-state index in [1.807, 2.05) is 0 Å². The number of anilines is 1. The molecule has 2 aromatic rings. The lowest BCUT2D eigenvalue weighted by molar-refractivity contribution is 0.0936. The van der Waals surface area contributed by atoms with Crippen LogP contribution in [0.5, 0.6) is 5.75 Å². The Balaban J connectivity index is 1.99. The number of benzene rings is 2. The Morgan fingerprint density at radius 1 is 0.852 bits per heavy atom. The number of amides is 2. The Hall–Kier alpha value is -2.90. The Morgan fingerprint density at radius 3 is 2.26 bits per heavy atom. The Morgan fingerprint density at radius 2 is 1.56 bits per heavy atom. The van der Waals surface area contributed by atoms with Gasteiger partial charge in [0.05, 0.1) is 18.8 Å². The molecule has 0 unspecified atom stereocenters. The second-order valence-electron chi connectivity index (χ2n) is 5.62. The molecule has 0 aliphatic carbocycles. The minimum absolute atomic E-state index is 0.193. The van der Waals surface area contributed by atoms with Crippen molar-refractivity contribution < 1.29 is 23.8 Å². The molecule has 2 rings (SSSR count). The molecule has 0 saturated carbocycles. The molecule has 2 amide bonds. The molecule has 0 fully saturated rings. The average molecular weight is 372 g/mol. The summed E-state index contributed by atoms with van der Waals surface area (Å²) in [6.07, 6.45) is 0. The summed E-state index contributed by atoms with van der Waals surface area (Å²) in [5.74, 6) is 0.00307. The van der Waals surface area contributed by atoms with Gasteiger partial charge in [0.1, 0.15) is 12.4 Å². The SMILES string of the molecule is COCCNC(=O)c1ccc(NC(=O)c2ccccc2OCCOC)cc1. The number of hydrogen-bond donors (Lipinski definition) is 2. The predicted molar refractivity (Wildman–Crippen MR) is 102 cm³/mol. The van der Waals surface area contributed by atoms with E-state index >= 15 is 0 Å². The maximum absolute atomic E-state index is 12.5. The number of methoxy groups -OCH3 is 2. The zero-order valence-electron chi connectivity index (χ0n) is 15.5. The standard InChI is InChI=1S/C20H24N2O5/c1-25-12-11-21-19(23)15-7-9-16(10-8-15)22-20(24)17-5-3-4-6-18(17)27-14-13-26-2/h3-10H,11-14H2,1-2H3,(H,21,23)(H,22,24). The molecular weight excluding hydrogens is 348 g/mol. The molecule has 2 N–H and O–H groups in total. The van der Waals surface area contributed by atoms with Crippen LogP contribution >= 0.6 is 0 Å². The first-order chi connectivity index (χ1) is 13.2. The lowest BCUT2D eigenvalue weighted by Gasteiger charge is -2.12. The van der Waals surface area contributed by atoms with Crippen LogP contribution in [0.4, 0.5) is 5.69 Å². The number of carbonyl (C=O) groups excluding carboxylic acids is 2. The summed E-state index contributed by atoms with van der Waals surface area (Å²) in [6, 6.07) is 13.7. The van der Waals surface area contributed by atoms with Crippen LogP contribution in [0, 0.1) is 0 Å². The maximum Gasteiger partial charge on any atom is 0.259 e. The van der Waals surface area contributed by atoms with E-state index < -0.39 is 0 Å². The number of carbonyl (C=O) groups is 2. The highest BCUT2D eigenvalue weighted by molar-refractivity contribution is 6.06. The third-order valence-corrected chi connectivity index (χ3v) is 3.67. The molecule has 27 heavy (non-hydrogen) atoms. The first kappa shape index (κ1) is 20.4. The van der Waals surface area contributed by atoms with E-state index in [1.54, 1.807) is 62.8 Å². The molecule has 0 aliphatic heterocycles. The lowest BCUT2D eigenvalue weighted by atomic mass is 10.1. The van der Waals surface area contributed by atoms with E-state index in [0.717, 1.165) is 0 Å². The highest BCUT2D eigenvalue weighted by Gasteiger charge is 2.13. The van der Waals surface area contributed by atoms with Crippen LogP contribution in [0.3, 0.4) is 0 Å². The van der Waals surface area contributed by atoms with Crippen LogP contribution in [-0.4, -0.2) is 52.4 Å². The van der Waals surface area contributed by atoms with Gasteiger partial charge in [-0.1, -0.05) is 12.1 Å². The fraction of sp³-hybridized carbons (Fsp3) is 0.300. The van der Waals surface area contributed by atoms with Gasteiger partial charge in [0, 0.05) is 32.0 Å². The first-order valence-corrected chi connectivity index (χ1v) is 8.55. The zero-order valence-corrected chi connectivity index (χ0v) is 15.5. The molecule has 0 bridgehead atoms. The van der Waals surface area contributed by atoms with E-state index in [9.17, 15) is 9.59 Å². The third kappa shape index (κ3) is 6.40. The van der Waals surface area contributed by atoms with Gasteiger partial charge >= 0.3 is 0 Å². The van der Waals surface area contributed by atoms with Crippen molar-refractivity contribution in [1.82, 2.24) is 5.32 Å². The van der Waals surface area contributed by atoms with Crippen LogP contribution < -0.4 is 15.4 Å². The van der Waals surface area contributed by atoms with Crippen molar-refractivity contribution in [3.63, 3.8) is 0 Å². The summed E-state index contributed by atoms with van der Waals surface area (Å²) in [5.41, 5.74) is 1.52. The summed E-state index contributed by atoms with van der Waals surface area (Å²) in [7, 11) is 3.16.